The quantitative estimate of drug-likeness (QED) is 0.426. The fourth-order valence-electron chi connectivity index (χ4n) is 1.68. The second-order valence-corrected chi connectivity index (χ2v) is 5.55. The molecule has 0 unspecified atom stereocenters. The van der Waals surface area contributed by atoms with Crippen LogP contribution in [0.25, 0.3) is 0 Å². The molecule has 0 amide bonds. The number of hydrazine groups is 1. The molecule has 2 rings (SSSR count). The second kappa shape index (κ2) is 5.73. The molecule has 0 aliphatic carbocycles. The molecule has 0 spiro atoms. The number of hydrogen-bond donors (Lipinski definition) is 3. The number of nitrogens with two attached hydrogens (primary N) is 1. The molecular weight excluding hydrogens is 298 g/mol. The number of pyridine rings is 1. The van der Waals surface area contributed by atoms with Crippen molar-refractivity contribution < 1.29 is 13.3 Å². The Hall–Kier alpha value is -2.72. The summed E-state index contributed by atoms with van der Waals surface area (Å²) in [6.07, 6.45) is 2.76. The third-order valence-electron chi connectivity index (χ3n) is 2.54. The second-order valence-electron chi connectivity index (χ2n) is 3.90. The maximum atomic E-state index is 12.3. The van der Waals surface area contributed by atoms with Gasteiger partial charge in [0.05, 0.1) is 16.8 Å². The van der Waals surface area contributed by atoms with Crippen LogP contribution in [0.3, 0.4) is 0 Å². The van der Waals surface area contributed by atoms with E-state index in [0.29, 0.717) is 0 Å². The highest BCUT2D eigenvalue weighted by molar-refractivity contribution is 7.92. The van der Waals surface area contributed by atoms with Gasteiger partial charge in [0.15, 0.2) is 4.90 Å². The van der Waals surface area contributed by atoms with Crippen LogP contribution in [0.15, 0.2) is 47.6 Å². The van der Waals surface area contributed by atoms with Gasteiger partial charge in [-0.25, -0.2) is 8.42 Å². The highest BCUT2D eigenvalue weighted by atomic mass is 32.2. The van der Waals surface area contributed by atoms with Crippen LogP contribution in [-0.4, -0.2) is 18.3 Å². The molecule has 0 radical (unpaired) electrons. The van der Waals surface area contributed by atoms with E-state index in [1.807, 2.05) is 0 Å². The Kier molecular flexibility index (Phi) is 4.00. The van der Waals surface area contributed by atoms with Crippen molar-refractivity contribution in [3.05, 3.63) is 52.8 Å². The van der Waals surface area contributed by atoms with Crippen LogP contribution < -0.4 is 16.0 Å². The first kappa shape index (κ1) is 14.7. The summed E-state index contributed by atoms with van der Waals surface area (Å²) in [6, 6.07) is 6.78. The van der Waals surface area contributed by atoms with E-state index >= 15 is 0 Å². The van der Waals surface area contributed by atoms with Crippen LogP contribution in [0.4, 0.5) is 17.1 Å². The Balaban J connectivity index is 2.52. The van der Waals surface area contributed by atoms with Gasteiger partial charge in [-0.2, -0.15) is 0 Å². The van der Waals surface area contributed by atoms with E-state index in [2.05, 4.69) is 15.1 Å². The van der Waals surface area contributed by atoms with Crippen LogP contribution >= 0.6 is 0 Å². The lowest BCUT2D eigenvalue weighted by molar-refractivity contribution is -0.386. The average molecular weight is 309 g/mol. The first-order valence-corrected chi connectivity index (χ1v) is 7.11. The lowest BCUT2D eigenvalue weighted by Crippen LogP contribution is -2.17. The van der Waals surface area contributed by atoms with Crippen molar-refractivity contribution in [3.8, 4) is 0 Å². The minimum atomic E-state index is -4.15. The topological polar surface area (TPSA) is 140 Å². The molecule has 0 saturated heterocycles. The van der Waals surface area contributed by atoms with Gasteiger partial charge in [0.2, 0.25) is 0 Å². The van der Waals surface area contributed by atoms with Crippen LogP contribution in [0.2, 0.25) is 0 Å². The smallest absolute Gasteiger partial charge is 0.314 e. The normalized spacial score (nSPS) is 10.9. The SMILES string of the molecule is NNc1cccc(S(=O)(=O)Nc2cccnc2)c1[N+](=O)[O-]. The number of benzene rings is 1. The molecule has 1 heterocycles. The van der Waals surface area contributed by atoms with E-state index in [0.717, 1.165) is 6.07 Å². The Labute approximate surface area is 120 Å². The molecule has 10 heteroatoms. The molecule has 21 heavy (non-hydrogen) atoms. The van der Waals surface area contributed by atoms with Crippen molar-refractivity contribution in [2.24, 2.45) is 5.84 Å². The van der Waals surface area contributed by atoms with E-state index in [1.54, 1.807) is 0 Å². The van der Waals surface area contributed by atoms with Gasteiger partial charge in [-0.1, -0.05) is 6.07 Å². The number of nitrogens with zero attached hydrogens (tertiary/aromatic N) is 2. The predicted molar refractivity (Wildman–Crippen MR) is 76.0 cm³/mol. The molecule has 9 nitrogen and oxygen atoms in total. The summed E-state index contributed by atoms with van der Waals surface area (Å²) in [4.78, 5) is 13.6. The van der Waals surface area contributed by atoms with Gasteiger partial charge in [0.1, 0.15) is 5.69 Å². The molecule has 0 bridgehead atoms. The van der Waals surface area contributed by atoms with Gasteiger partial charge in [-0.3, -0.25) is 25.7 Å². The van der Waals surface area contributed by atoms with Crippen molar-refractivity contribution >= 4 is 27.1 Å². The Bertz CT molecular complexity index is 763. The van der Waals surface area contributed by atoms with Gasteiger partial charge in [0.25, 0.3) is 10.0 Å². The van der Waals surface area contributed by atoms with E-state index in [4.69, 9.17) is 5.84 Å². The maximum absolute atomic E-state index is 12.3. The Morgan fingerprint density at radius 3 is 2.57 bits per heavy atom. The van der Waals surface area contributed by atoms with Crippen molar-refractivity contribution in [1.29, 1.82) is 0 Å². The molecule has 1 aromatic heterocycles. The van der Waals surface area contributed by atoms with Crippen LogP contribution in [0.1, 0.15) is 0 Å². The molecule has 0 aliphatic heterocycles. The summed E-state index contributed by atoms with van der Waals surface area (Å²) in [5.74, 6) is 5.17. The van der Waals surface area contributed by atoms with E-state index in [-0.39, 0.29) is 11.4 Å². The van der Waals surface area contributed by atoms with Crippen molar-refractivity contribution in [3.63, 3.8) is 0 Å². The zero-order valence-corrected chi connectivity index (χ0v) is 11.4. The number of hydrogen-bond acceptors (Lipinski definition) is 7. The minimum absolute atomic E-state index is 0.103. The number of sulfonamides is 1. The minimum Gasteiger partial charge on any atom is -0.318 e. The van der Waals surface area contributed by atoms with E-state index in [1.165, 1.54) is 36.7 Å². The summed E-state index contributed by atoms with van der Waals surface area (Å²) in [5, 5.41) is 11.1. The van der Waals surface area contributed by atoms with E-state index < -0.39 is 25.5 Å². The Morgan fingerprint density at radius 1 is 1.24 bits per heavy atom. The van der Waals surface area contributed by atoms with Crippen LogP contribution in [-0.2, 0) is 10.0 Å². The predicted octanol–water partition coefficient (Wildman–Crippen LogP) is 1.08. The van der Waals surface area contributed by atoms with Crippen molar-refractivity contribution in [2.75, 3.05) is 10.1 Å². The molecule has 1 aromatic carbocycles. The molecule has 0 aliphatic rings. The molecule has 2 aromatic rings. The number of nitro groups is 1. The molecule has 0 atom stereocenters. The van der Waals surface area contributed by atoms with Gasteiger partial charge >= 0.3 is 5.69 Å². The number of nitrogens with one attached hydrogen (secondary N) is 2. The highest BCUT2D eigenvalue weighted by Gasteiger charge is 2.28. The molecular formula is C11H11N5O4S. The van der Waals surface area contributed by atoms with Crippen molar-refractivity contribution in [2.45, 2.75) is 4.90 Å². The number of nitrogen functional groups attached to an aromatic ring is 1. The first-order valence-electron chi connectivity index (χ1n) is 5.62. The number of nitro benzene ring substituents is 1. The standard InChI is InChI=1S/C11H11N5O4S/c12-14-9-4-1-5-10(11(9)16(17)18)21(19,20)15-8-3-2-6-13-7-8/h1-7,14-15H,12H2. The summed E-state index contributed by atoms with van der Waals surface area (Å²) < 4.78 is 26.8. The summed E-state index contributed by atoms with van der Waals surface area (Å²) in [6.45, 7) is 0. The zero-order chi connectivity index (χ0) is 15.5. The molecule has 4 N–H and O–H groups in total. The van der Waals surface area contributed by atoms with Crippen LogP contribution in [0, 0.1) is 10.1 Å². The monoisotopic (exact) mass is 309 g/mol. The summed E-state index contributed by atoms with van der Waals surface area (Å²) in [5.41, 5.74) is 1.57. The summed E-state index contributed by atoms with van der Waals surface area (Å²) in [7, 11) is -4.15. The third kappa shape index (κ3) is 3.07. The van der Waals surface area contributed by atoms with Gasteiger partial charge < -0.3 is 5.43 Å². The lowest BCUT2D eigenvalue weighted by atomic mass is 10.3. The fraction of sp³-hybridized carbons (Fsp3) is 0. The zero-order valence-electron chi connectivity index (χ0n) is 10.6. The third-order valence-corrected chi connectivity index (χ3v) is 3.95. The highest BCUT2D eigenvalue weighted by Crippen LogP contribution is 2.32. The number of aromatic nitrogens is 1. The first-order chi connectivity index (χ1) is 9.95. The molecule has 110 valence electrons. The van der Waals surface area contributed by atoms with Gasteiger partial charge in [-0.15, -0.1) is 0 Å². The largest absolute Gasteiger partial charge is 0.318 e. The molecule has 0 saturated carbocycles. The number of rotatable bonds is 5. The molecule has 0 fully saturated rings. The Morgan fingerprint density at radius 2 is 2.00 bits per heavy atom. The average Bonchev–Trinajstić information content (AvgIpc) is 2.46. The van der Waals surface area contributed by atoms with Gasteiger partial charge in [0, 0.05) is 6.20 Å². The maximum Gasteiger partial charge on any atom is 0.314 e. The van der Waals surface area contributed by atoms with Gasteiger partial charge in [-0.05, 0) is 24.3 Å². The fourth-order valence-corrected chi connectivity index (χ4v) is 2.91. The van der Waals surface area contributed by atoms with E-state index in [9.17, 15) is 18.5 Å². The van der Waals surface area contributed by atoms with Crippen LogP contribution in [0.5, 0.6) is 0 Å². The number of anilines is 2. The summed E-state index contributed by atoms with van der Waals surface area (Å²) >= 11 is 0. The lowest BCUT2D eigenvalue weighted by Gasteiger charge is -2.10. The van der Waals surface area contributed by atoms with Crippen molar-refractivity contribution in [1.82, 2.24) is 4.98 Å². The number of para-hydroxylation sites is 1.